The number of aliphatic hydroxyl groups excluding tert-OH is 1. The van der Waals surface area contributed by atoms with Crippen molar-refractivity contribution in [2.45, 2.75) is 100 Å². The minimum atomic E-state index is -1.33. The van der Waals surface area contributed by atoms with Crippen molar-refractivity contribution in [2.75, 3.05) is 5.32 Å². The summed E-state index contributed by atoms with van der Waals surface area (Å²) < 4.78 is 16.0. The number of hydrogen-bond acceptors (Lipinski definition) is 5. The summed E-state index contributed by atoms with van der Waals surface area (Å²) in [5.74, 6) is -1.78. The van der Waals surface area contributed by atoms with E-state index in [2.05, 4.69) is 34.8 Å². The standard InChI is InChI=1S/C30H35Cl2FN4O3/c1-28(2)12-14-29(15-13-28)30(19-10-11-21(32)35-25(19)36-27(30)40)22(18-4-3-5-20(31)23(18)33)24(37-29)26(39)34-16-6-8-17(38)9-7-16/h3-5,10-11,16-17,22,24,37-38H,6-9,12-15H2,1-2H3,(H,34,39)(H,35,36,40)/t16-,17-,22-,24+,30+/m0/s1. The van der Waals surface area contributed by atoms with Crippen LogP contribution in [0.3, 0.4) is 0 Å². The van der Waals surface area contributed by atoms with Crippen LogP contribution in [0.5, 0.6) is 0 Å². The predicted octanol–water partition coefficient (Wildman–Crippen LogP) is 5.23. The van der Waals surface area contributed by atoms with E-state index in [-0.39, 0.29) is 45.1 Å². The fourth-order valence-corrected chi connectivity index (χ4v) is 8.13. The number of carbonyl (C=O) groups excluding carboxylic acids is 2. The van der Waals surface area contributed by atoms with E-state index >= 15 is 4.39 Å². The van der Waals surface area contributed by atoms with Gasteiger partial charge in [-0.2, -0.15) is 0 Å². The number of pyridine rings is 1. The number of aliphatic hydroxyl groups is 1. The molecule has 1 aromatic heterocycles. The van der Waals surface area contributed by atoms with Crippen LogP contribution in [0.25, 0.3) is 0 Å². The maximum absolute atomic E-state index is 16.0. The molecule has 2 aliphatic heterocycles. The Labute approximate surface area is 243 Å². The molecular weight excluding hydrogens is 554 g/mol. The first-order valence-electron chi connectivity index (χ1n) is 14.2. The Bertz CT molecular complexity index is 1350. The fraction of sp³-hybridized carbons (Fsp3) is 0.567. The van der Waals surface area contributed by atoms with E-state index in [0.717, 1.165) is 12.8 Å². The van der Waals surface area contributed by atoms with Gasteiger partial charge in [-0.3, -0.25) is 14.9 Å². The van der Waals surface area contributed by atoms with Gasteiger partial charge >= 0.3 is 0 Å². The highest BCUT2D eigenvalue weighted by atomic mass is 35.5. The first kappa shape index (κ1) is 27.9. The van der Waals surface area contributed by atoms with E-state index < -0.39 is 28.7 Å². The lowest BCUT2D eigenvalue weighted by molar-refractivity contribution is -0.125. The topological polar surface area (TPSA) is 103 Å². The number of nitrogens with zero attached hydrogens (tertiary/aromatic N) is 1. The van der Waals surface area contributed by atoms with Crippen molar-refractivity contribution in [1.82, 2.24) is 15.6 Å². The van der Waals surface area contributed by atoms with Gasteiger partial charge in [0, 0.05) is 23.1 Å². The van der Waals surface area contributed by atoms with Gasteiger partial charge in [0.05, 0.1) is 17.2 Å². The Morgan fingerprint density at radius 2 is 1.77 bits per heavy atom. The quantitative estimate of drug-likeness (QED) is 0.367. The number of benzene rings is 1. The summed E-state index contributed by atoms with van der Waals surface area (Å²) in [7, 11) is 0. The first-order chi connectivity index (χ1) is 19.0. The van der Waals surface area contributed by atoms with Crippen molar-refractivity contribution in [2.24, 2.45) is 5.41 Å². The second-order valence-corrected chi connectivity index (χ2v) is 13.6. The summed E-state index contributed by atoms with van der Waals surface area (Å²) in [6, 6.07) is 7.19. The SMILES string of the molecule is CC1(C)CCC2(CC1)N[C@@H](C(=O)N[C@H]1CC[C@H](O)CC1)[C@H](c1cccc(Cl)c1F)[C@]21C(=O)Nc2nc(Cl)ccc21. The van der Waals surface area contributed by atoms with Crippen molar-refractivity contribution in [3.63, 3.8) is 0 Å². The molecule has 40 heavy (non-hydrogen) atoms. The molecule has 6 rings (SSSR count). The van der Waals surface area contributed by atoms with Crippen molar-refractivity contribution in [1.29, 1.82) is 0 Å². The molecule has 0 unspecified atom stereocenters. The lowest BCUT2D eigenvalue weighted by Gasteiger charge is -2.50. The van der Waals surface area contributed by atoms with E-state index in [1.165, 1.54) is 6.07 Å². The maximum atomic E-state index is 16.0. The zero-order valence-electron chi connectivity index (χ0n) is 22.7. The van der Waals surface area contributed by atoms with Gasteiger partial charge in [0.1, 0.15) is 22.2 Å². The molecule has 2 saturated carbocycles. The molecule has 0 radical (unpaired) electrons. The number of fused-ring (bicyclic) bond motifs is 3. The number of nitrogens with one attached hydrogen (secondary N) is 3. The van der Waals surface area contributed by atoms with Crippen LogP contribution in [0.2, 0.25) is 10.2 Å². The summed E-state index contributed by atoms with van der Waals surface area (Å²) >= 11 is 12.5. The van der Waals surface area contributed by atoms with Crippen LogP contribution in [0, 0.1) is 11.2 Å². The number of anilines is 1. The molecule has 2 amide bonds. The van der Waals surface area contributed by atoms with E-state index in [4.69, 9.17) is 23.2 Å². The van der Waals surface area contributed by atoms with Gasteiger partial charge < -0.3 is 15.7 Å². The van der Waals surface area contributed by atoms with Crippen LogP contribution in [-0.4, -0.2) is 45.6 Å². The third-order valence-corrected chi connectivity index (χ3v) is 10.5. The van der Waals surface area contributed by atoms with Gasteiger partial charge in [-0.1, -0.05) is 55.2 Å². The third-order valence-electron chi connectivity index (χ3n) is 9.96. The second kappa shape index (κ2) is 9.93. The smallest absolute Gasteiger partial charge is 0.238 e. The maximum Gasteiger partial charge on any atom is 0.238 e. The van der Waals surface area contributed by atoms with Gasteiger partial charge in [-0.05, 0) is 74.5 Å². The summed E-state index contributed by atoms with van der Waals surface area (Å²) in [5.41, 5.74) is -1.26. The third kappa shape index (κ3) is 4.25. The van der Waals surface area contributed by atoms with E-state index in [9.17, 15) is 14.7 Å². The number of aromatic nitrogens is 1. The number of rotatable bonds is 3. The molecule has 2 aliphatic carbocycles. The molecule has 4 aliphatic rings. The minimum Gasteiger partial charge on any atom is -0.393 e. The summed E-state index contributed by atoms with van der Waals surface area (Å²) in [5, 5.41) is 19.9. The molecule has 1 saturated heterocycles. The molecule has 3 atom stereocenters. The van der Waals surface area contributed by atoms with Crippen molar-refractivity contribution >= 4 is 40.8 Å². The van der Waals surface area contributed by atoms with Gasteiger partial charge in [0.2, 0.25) is 11.8 Å². The number of hydrogen-bond donors (Lipinski definition) is 4. The second-order valence-electron chi connectivity index (χ2n) is 12.8. The summed E-state index contributed by atoms with van der Waals surface area (Å²) in [4.78, 5) is 33.0. The van der Waals surface area contributed by atoms with Crippen molar-refractivity contribution < 1.29 is 19.1 Å². The van der Waals surface area contributed by atoms with Gasteiger partial charge in [0.25, 0.3) is 0 Å². The molecule has 2 spiro atoms. The van der Waals surface area contributed by atoms with Gasteiger partial charge in [-0.15, -0.1) is 0 Å². The van der Waals surface area contributed by atoms with E-state index in [1.807, 2.05) is 0 Å². The van der Waals surface area contributed by atoms with Crippen LogP contribution in [0.15, 0.2) is 30.3 Å². The highest BCUT2D eigenvalue weighted by molar-refractivity contribution is 6.31. The average molecular weight is 590 g/mol. The molecule has 2 aromatic rings. The lowest BCUT2D eigenvalue weighted by atomic mass is 9.53. The van der Waals surface area contributed by atoms with Crippen LogP contribution in [0.4, 0.5) is 10.2 Å². The Hall–Kier alpha value is -2.26. The molecule has 7 nitrogen and oxygen atoms in total. The zero-order valence-corrected chi connectivity index (χ0v) is 24.2. The molecule has 3 fully saturated rings. The molecule has 3 heterocycles. The number of amides is 2. The minimum absolute atomic E-state index is 0.0599. The Morgan fingerprint density at radius 1 is 1.07 bits per heavy atom. The fourth-order valence-electron chi connectivity index (χ4n) is 7.80. The monoisotopic (exact) mass is 588 g/mol. The lowest BCUT2D eigenvalue weighted by Crippen LogP contribution is -2.61. The Morgan fingerprint density at radius 3 is 2.48 bits per heavy atom. The Balaban J connectivity index is 1.54. The van der Waals surface area contributed by atoms with E-state index in [0.29, 0.717) is 49.9 Å². The molecular formula is C30H35Cl2FN4O3. The van der Waals surface area contributed by atoms with Gasteiger partial charge in [-0.25, -0.2) is 9.37 Å². The van der Waals surface area contributed by atoms with Crippen molar-refractivity contribution in [3.8, 4) is 0 Å². The highest BCUT2D eigenvalue weighted by Crippen LogP contribution is 2.63. The summed E-state index contributed by atoms with van der Waals surface area (Å²) in [6.45, 7) is 4.42. The van der Waals surface area contributed by atoms with Gasteiger partial charge in [0.15, 0.2) is 0 Å². The summed E-state index contributed by atoms with van der Waals surface area (Å²) in [6.07, 6.45) is 5.07. The van der Waals surface area contributed by atoms with E-state index in [1.54, 1.807) is 24.3 Å². The van der Waals surface area contributed by atoms with Crippen LogP contribution in [0.1, 0.15) is 82.3 Å². The number of halogens is 3. The molecule has 0 bridgehead atoms. The molecule has 4 N–H and O–H groups in total. The van der Waals surface area contributed by atoms with Crippen LogP contribution >= 0.6 is 23.2 Å². The highest BCUT2D eigenvalue weighted by Gasteiger charge is 2.73. The molecule has 1 aromatic carbocycles. The first-order valence-corrected chi connectivity index (χ1v) is 14.9. The normalized spacial score (nSPS) is 32.2. The van der Waals surface area contributed by atoms with Crippen LogP contribution in [-0.2, 0) is 15.0 Å². The van der Waals surface area contributed by atoms with Crippen LogP contribution < -0.4 is 16.0 Å². The average Bonchev–Trinajstić information content (AvgIpc) is 3.37. The number of carbonyl (C=O) groups is 2. The molecule has 214 valence electrons. The van der Waals surface area contributed by atoms with Crippen molar-refractivity contribution in [3.05, 3.63) is 57.5 Å². The largest absolute Gasteiger partial charge is 0.393 e. The predicted molar refractivity (Wildman–Crippen MR) is 152 cm³/mol. The Kier molecular flexibility index (Phi) is 6.92. The zero-order chi connectivity index (χ0) is 28.4. The molecule has 10 heteroatoms.